The number of rotatable bonds is 9. The Morgan fingerprint density at radius 3 is 2.42 bits per heavy atom. The highest BCUT2D eigenvalue weighted by molar-refractivity contribution is 7.12. The Labute approximate surface area is 374 Å². The number of ether oxygens (including phenoxy) is 3. The third-order valence-corrected chi connectivity index (χ3v) is 14.0. The van der Waals surface area contributed by atoms with Gasteiger partial charge in [0.1, 0.15) is 34.9 Å². The van der Waals surface area contributed by atoms with Crippen LogP contribution in [0.5, 0.6) is 5.75 Å². The lowest BCUT2D eigenvalue weighted by atomic mass is 10.0. The average molecular weight is 889 g/mol. The second-order valence-corrected chi connectivity index (χ2v) is 19.9. The number of nitrogens with zero attached hydrogens (tertiary/aromatic N) is 5. The minimum absolute atomic E-state index is 0.140. The highest BCUT2D eigenvalue weighted by Crippen LogP contribution is 2.50. The average Bonchev–Trinajstić information content (AvgIpc) is 3.98. The van der Waals surface area contributed by atoms with Gasteiger partial charge in [-0.05, 0) is 114 Å². The van der Waals surface area contributed by atoms with Gasteiger partial charge in [-0.15, -0.1) is 11.3 Å². The number of fused-ring (bicyclic) bond motifs is 5. The van der Waals surface area contributed by atoms with E-state index in [1.54, 1.807) is 33.5 Å². The summed E-state index contributed by atoms with van der Waals surface area (Å²) in [5, 5.41) is 3.61. The molecule has 1 aliphatic carbocycles. The van der Waals surface area contributed by atoms with Crippen molar-refractivity contribution in [1.82, 2.24) is 39.6 Å². The van der Waals surface area contributed by atoms with E-state index in [9.17, 15) is 14.4 Å². The number of imidazole rings is 2. The largest absolute Gasteiger partial charge is 0.464 e. The van der Waals surface area contributed by atoms with E-state index >= 15 is 4.39 Å². The number of H-pyrrole nitrogens is 2. The monoisotopic (exact) mass is 888 g/mol. The Bertz CT molecular complexity index is 2780. The zero-order valence-electron chi connectivity index (χ0n) is 36.9. The standard InChI is InChI=1S/C48H53FN8O6S/c1-25(2)41(54-46(59)61-6)44(58)55-17-8-10-35(55)43-51-23-31(52-43)27-13-14-33-28(19-27)21-36-40-30(49)20-29(22-37(40)62-45(57(33)36)39-16-15-38(64-39)26-11-12-26)42-50-24-32(53-42)34-9-7-18-56(34)47(60)63-48(3,4)5/h13-16,19-26,34-35,41,45H,7-12,17-18H2,1-6H3,(H,50,53)(H,51,52)(H,54,59)/t34-,35-,41-,45?/m0/s1. The zero-order valence-corrected chi connectivity index (χ0v) is 37.7. The van der Waals surface area contributed by atoms with Gasteiger partial charge in [0.05, 0.1) is 64.6 Å². The number of methoxy groups -OCH3 is 1. The summed E-state index contributed by atoms with van der Waals surface area (Å²) in [5.41, 5.74) is 4.33. The van der Waals surface area contributed by atoms with Crippen LogP contribution < -0.4 is 10.1 Å². The van der Waals surface area contributed by atoms with Gasteiger partial charge in [0.2, 0.25) is 12.1 Å². The van der Waals surface area contributed by atoms with Crippen molar-refractivity contribution in [2.24, 2.45) is 5.92 Å². The van der Waals surface area contributed by atoms with Gasteiger partial charge in [0, 0.05) is 34.5 Å². The van der Waals surface area contributed by atoms with Gasteiger partial charge < -0.3 is 34.4 Å². The van der Waals surface area contributed by atoms with Gasteiger partial charge in [-0.1, -0.05) is 19.9 Å². The molecule has 1 saturated carbocycles. The second kappa shape index (κ2) is 16.1. The number of hydrogen-bond acceptors (Lipinski definition) is 9. The Balaban J connectivity index is 0.975. The summed E-state index contributed by atoms with van der Waals surface area (Å²) >= 11 is 1.74. The fourth-order valence-electron chi connectivity index (χ4n) is 9.48. The first-order chi connectivity index (χ1) is 30.7. The highest BCUT2D eigenvalue weighted by Gasteiger charge is 2.39. The molecule has 16 heteroatoms. The molecule has 4 aromatic heterocycles. The number of amides is 3. The molecule has 7 heterocycles. The molecule has 2 aromatic carbocycles. The molecule has 334 valence electrons. The summed E-state index contributed by atoms with van der Waals surface area (Å²) in [6.45, 7) is 10.5. The van der Waals surface area contributed by atoms with Crippen LogP contribution in [0.2, 0.25) is 0 Å². The first-order valence-corrected chi connectivity index (χ1v) is 23.1. The number of likely N-dealkylation sites (tertiary alicyclic amines) is 2. The molecule has 0 spiro atoms. The zero-order chi connectivity index (χ0) is 44.6. The lowest BCUT2D eigenvalue weighted by Crippen LogP contribution is -2.51. The van der Waals surface area contributed by atoms with Gasteiger partial charge in [0.15, 0.2) is 0 Å². The summed E-state index contributed by atoms with van der Waals surface area (Å²) in [6, 6.07) is 14.6. The first-order valence-electron chi connectivity index (χ1n) is 22.2. The molecule has 4 aliphatic rings. The molecule has 3 amide bonds. The number of thiophene rings is 1. The number of alkyl carbamates (subject to hydrolysis) is 1. The van der Waals surface area contributed by atoms with Crippen LogP contribution >= 0.6 is 11.3 Å². The Hall–Kier alpha value is -6.16. The number of benzene rings is 2. The summed E-state index contributed by atoms with van der Waals surface area (Å²) in [7, 11) is 1.29. The molecule has 0 radical (unpaired) electrons. The Kier molecular flexibility index (Phi) is 10.5. The molecular weight excluding hydrogens is 836 g/mol. The van der Waals surface area contributed by atoms with E-state index in [1.807, 2.05) is 58.9 Å². The molecular formula is C48H53FN8O6S. The van der Waals surface area contributed by atoms with Crippen molar-refractivity contribution >= 4 is 40.3 Å². The van der Waals surface area contributed by atoms with Crippen molar-refractivity contribution < 1.29 is 33.0 Å². The van der Waals surface area contributed by atoms with Crippen molar-refractivity contribution in [3.05, 3.63) is 88.0 Å². The topological polar surface area (TPSA) is 160 Å². The molecule has 10 rings (SSSR count). The summed E-state index contributed by atoms with van der Waals surface area (Å²) in [5.74, 6) is 1.40. The maximum absolute atomic E-state index is 16.8. The van der Waals surface area contributed by atoms with Crippen LogP contribution in [0.15, 0.2) is 60.9 Å². The van der Waals surface area contributed by atoms with Crippen molar-refractivity contribution in [2.75, 3.05) is 20.2 Å². The van der Waals surface area contributed by atoms with E-state index in [0.29, 0.717) is 53.2 Å². The van der Waals surface area contributed by atoms with E-state index in [2.05, 4.69) is 43.0 Å². The second-order valence-electron chi connectivity index (χ2n) is 18.7. The van der Waals surface area contributed by atoms with E-state index in [0.717, 1.165) is 58.4 Å². The molecule has 0 bridgehead atoms. The fourth-order valence-corrected chi connectivity index (χ4v) is 10.7. The predicted molar refractivity (Wildman–Crippen MR) is 240 cm³/mol. The van der Waals surface area contributed by atoms with Crippen molar-refractivity contribution in [3.8, 4) is 39.7 Å². The van der Waals surface area contributed by atoms with Gasteiger partial charge in [0.25, 0.3) is 0 Å². The van der Waals surface area contributed by atoms with Crippen LogP contribution in [0, 0.1) is 11.7 Å². The molecule has 3 aliphatic heterocycles. The quantitative estimate of drug-likeness (QED) is 0.129. The smallest absolute Gasteiger partial charge is 0.410 e. The van der Waals surface area contributed by atoms with Crippen LogP contribution in [0.3, 0.4) is 0 Å². The third-order valence-electron chi connectivity index (χ3n) is 12.8. The van der Waals surface area contributed by atoms with Crippen LogP contribution in [0.4, 0.5) is 14.0 Å². The molecule has 6 aromatic rings. The van der Waals surface area contributed by atoms with E-state index in [1.165, 1.54) is 30.9 Å². The number of halogens is 1. The molecule has 1 unspecified atom stereocenters. The van der Waals surface area contributed by atoms with Gasteiger partial charge in [-0.2, -0.15) is 0 Å². The van der Waals surface area contributed by atoms with Gasteiger partial charge in [-0.3, -0.25) is 14.3 Å². The fraction of sp³-hybridized carbons (Fsp3) is 0.438. The van der Waals surface area contributed by atoms with Crippen LogP contribution in [0.1, 0.15) is 119 Å². The van der Waals surface area contributed by atoms with Crippen LogP contribution in [-0.2, 0) is 14.3 Å². The maximum Gasteiger partial charge on any atom is 0.410 e. The van der Waals surface area contributed by atoms with Crippen molar-refractivity contribution in [2.45, 2.75) is 109 Å². The molecule has 2 saturated heterocycles. The van der Waals surface area contributed by atoms with Gasteiger partial charge in [-0.25, -0.2) is 23.9 Å². The Morgan fingerprint density at radius 2 is 1.67 bits per heavy atom. The number of carbonyl (C=O) groups is 3. The van der Waals surface area contributed by atoms with E-state index < -0.39 is 29.8 Å². The summed E-state index contributed by atoms with van der Waals surface area (Å²) in [4.78, 5) is 61.2. The highest BCUT2D eigenvalue weighted by atomic mass is 32.1. The molecule has 3 fully saturated rings. The SMILES string of the molecule is COC(=O)N[C@H](C(=O)N1CCC[C@H]1c1ncc(-c2ccc3c(c2)cc2n3C(c3ccc(C4CC4)s3)Oc3cc(-c4ncc([C@@H]5CCCN5C(=O)OC(C)(C)C)[nH]4)cc(F)c3-2)[nH]1)C(C)C. The molecule has 4 atom stereocenters. The van der Waals surface area contributed by atoms with E-state index in [-0.39, 0.29) is 30.0 Å². The first kappa shape index (κ1) is 41.8. The minimum atomic E-state index is -0.729. The van der Waals surface area contributed by atoms with Crippen molar-refractivity contribution in [1.29, 1.82) is 0 Å². The summed E-state index contributed by atoms with van der Waals surface area (Å²) in [6.07, 6.45) is 7.47. The van der Waals surface area contributed by atoms with E-state index in [4.69, 9.17) is 19.2 Å². The molecule has 14 nitrogen and oxygen atoms in total. The van der Waals surface area contributed by atoms with Crippen LogP contribution in [-0.4, -0.2) is 84.2 Å². The summed E-state index contributed by atoms with van der Waals surface area (Å²) < 4.78 is 36.3. The lowest BCUT2D eigenvalue weighted by molar-refractivity contribution is -0.135. The molecule has 3 N–H and O–H groups in total. The van der Waals surface area contributed by atoms with Gasteiger partial charge >= 0.3 is 12.2 Å². The number of aromatic amines is 2. The molecule has 64 heavy (non-hydrogen) atoms. The van der Waals surface area contributed by atoms with Crippen molar-refractivity contribution in [3.63, 3.8) is 0 Å². The predicted octanol–water partition coefficient (Wildman–Crippen LogP) is 10.2. The number of hydrogen-bond donors (Lipinski definition) is 3. The normalized spacial score (nSPS) is 20.0. The number of nitrogens with one attached hydrogen (secondary N) is 3. The minimum Gasteiger partial charge on any atom is -0.464 e. The maximum atomic E-state index is 16.8. The third kappa shape index (κ3) is 7.68. The number of aromatic nitrogens is 5. The lowest BCUT2D eigenvalue weighted by Gasteiger charge is -2.30. The number of carbonyl (C=O) groups excluding carboxylic acids is 3. The van der Waals surface area contributed by atoms with Crippen LogP contribution in [0.25, 0.3) is 44.8 Å². The Morgan fingerprint density at radius 1 is 0.906 bits per heavy atom.